The number of hydrogen-bond acceptors (Lipinski definition) is 1. The summed E-state index contributed by atoms with van der Waals surface area (Å²) in [5, 5.41) is 3.74. The van der Waals surface area contributed by atoms with Crippen molar-refractivity contribution in [3.63, 3.8) is 0 Å². The molecule has 2 saturated carbocycles. The van der Waals surface area contributed by atoms with Crippen LogP contribution in [0.2, 0.25) is 0 Å². The van der Waals surface area contributed by atoms with Gasteiger partial charge < -0.3 is 5.32 Å². The van der Waals surface area contributed by atoms with E-state index in [-0.39, 0.29) is 0 Å². The zero-order valence-electron chi connectivity index (χ0n) is 9.91. The Bertz CT molecular complexity index is 338. The Hall–Kier alpha value is -0.980. The van der Waals surface area contributed by atoms with Gasteiger partial charge in [0.25, 0.3) is 0 Å². The van der Waals surface area contributed by atoms with Gasteiger partial charge in [-0.25, -0.2) is 0 Å². The quantitative estimate of drug-likeness (QED) is 0.779. The smallest absolute Gasteiger partial charge is 0.0342 e. The molecule has 0 amide bonds. The molecule has 1 aromatic carbocycles. The number of anilines is 1. The van der Waals surface area contributed by atoms with Crippen molar-refractivity contribution in [1.29, 1.82) is 0 Å². The summed E-state index contributed by atoms with van der Waals surface area (Å²) in [4.78, 5) is 0. The van der Waals surface area contributed by atoms with Gasteiger partial charge in [-0.2, -0.15) is 0 Å². The Morgan fingerprint density at radius 2 is 1.69 bits per heavy atom. The SMILES string of the molecule is c1ccc(NC2CCC23CCCCC3)cc1. The third kappa shape index (κ3) is 1.73. The lowest BCUT2D eigenvalue weighted by Gasteiger charge is -2.52. The largest absolute Gasteiger partial charge is 0.382 e. The predicted octanol–water partition coefficient (Wildman–Crippen LogP) is 4.21. The lowest BCUT2D eigenvalue weighted by Crippen LogP contribution is -2.50. The highest BCUT2D eigenvalue weighted by molar-refractivity contribution is 5.44. The van der Waals surface area contributed by atoms with E-state index < -0.39 is 0 Å². The maximum absolute atomic E-state index is 3.74. The molecule has 0 radical (unpaired) electrons. The summed E-state index contributed by atoms with van der Waals surface area (Å²) in [6.07, 6.45) is 10.1. The first-order valence-electron chi connectivity index (χ1n) is 6.71. The highest BCUT2D eigenvalue weighted by Gasteiger charge is 2.46. The van der Waals surface area contributed by atoms with Gasteiger partial charge in [0.2, 0.25) is 0 Å². The summed E-state index contributed by atoms with van der Waals surface area (Å²) in [6, 6.07) is 11.4. The topological polar surface area (TPSA) is 12.0 Å². The fourth-order valence-electron chi connectivity index (χ4n) is 3.51. The molecular weight excluding hydrogens is 194 g/mol. The molecule has 1 atom stereocenters. The molecule has 1 aromatic rings. The highest BCUT2D eigenvalue weighted by atomic mass is 15.0. The summed E-state index contributed by atoms with van der Waals surface area (Å²) in [5.74, 6) is 0. The van der Waals surface area contributed by atoms with E-state index >= 15 is 0 Å². The molecule has 3 rings (SSSR count). The van der Waals surface area contributed by atoms with E-state index in [4.69, 9.17) is 0 Å². The van der Waals surface area contributed by atoms with Crippen molar-refractivity contribution in [2.75, 3.05) is 5.32 Å². The minimum atomic E-state index is 0.661. The number of rotatable bonds is 2. The van der Waals surface area contributed by atoms with Crippen LogP contribution >= 0.6 is 0 Å². The lowest BCUT2D eigenvalue weighted by atomic mass is 9.57. The molecule has 1 N–H and O–H groups in total. The van der Waals surface area contributed by atoms with E-state index in [0.29, 0.717) is 5.41 Å². The highest BCUT2D eigenvalue weighted by Crippen LogP contribution is 2.52. The van der Waals surface area contributed by atoms with Gasteiger partial charge in [0.05, 0.1) is 0 Å². The second-order valence-corrected chi connectivity index (χ2v) is 5.52. The molecule has 1 heteroatoms. The van der Waals surface area contributed by atoms with Crippen LogP contribution in [0.15, 0.2) is 30.3 Å². The number of benzene rings is 1. The van der Waals surface area contributed by atoms with Gasteiger partial charge in [-0.15, -0.1) is 0 Å². The van der Waals surface area contributed by atoms with Crippen LogP contribution < -0.4 is 5.32 Å². The van der Waals surface area contributed by atoms with Gasteiger partial charge in [-0.1, -0.05) is 37.5 Å². The molecule has 86 valence electrons. The van der Waals surface area contributed by atoms with Crippen molar-refractivity contribution in [2.45, 2.75) is 51.0 Å². The second kappa shape index (κ2) is 4.12. The van der Waals surface area contributed by atoms with Gasteiger partial charge in [-0.05, 0) is 43.2 Å². The van der Waals surface area contributed by atoms with Gasteiger partial charge >= 0.3 is 0 Å². The Kier molecular flexibility index (Phi) is 2.62. The van der Waals surface area contributed by atoms with Crippen LogP contribution in [0.5, 0.6) is 0 Å². The Labute approximate surface area is 98.3 Å². The Morgan fingerprint density at radius 3 is 2.31 bits per heavy atom. The van der Waals surface area contributed by atoms with Crippen LogP contribution in [0.1, 0.15) is 44.9 Å². The maximum atomic E-state index is 3.74. The summed E-state index contributed by atoms with van der Waals surface area (Å²) in [7, 11) is 0. The van der Waals surface area contributed by atoms with Crippen molar-refractivity contribution >= 4 is 5.69 Å². The molecule has 16 heavy (non-hydrogen) atoms. The normalized spacial score (nSPS) is 27.4. The zero-order chi connectivity index (χ0) is 10.8. The van der Waals surface area contributed by atoms with E-state index in [9.17, 15) is 0 Å². The van der Waals surface area contributed by atoms with Crippen molar-refractivity contribution < 1.29 is 0 Å². The lowest BCUT2D eigenvalue weighted by molar-refractivity contribution is 0.0571. The van der Waals surface area contributed by atoms with Crippen LogP contribution in [0.3, 0.4) is 0 Å². The zero-order valence-corrected chi connectivity index (χ0v) is 9.91. The number of hydrogen-bond donors (Lipinski definition) is 1. The van der Waals surface area contributed by atoms with E-state index in [2.05, 4.69) is 35.6 Å². The molecule has 1 spiro atoms. The van der Waals surface area contributed by atoms with Crippen LogP contribution in [-0.4, -0.2) is 6.04 Å². The maximum Gasteiger partial charge on any atom is 0.0342 e. The molecule has 0 bridgehead atoms. The van der Waals surface area contributed by atoms with Crippen molar-refractivity contribution in [3.8, 4) is 0 Å². The summed E-state index contributed by atoms with van der Waals surface area (Å²) < 4.78 is 0. The third-order valence-electron chi connectivity index (χ3n) is 4.63. The van der Waals surface area contributed by atoms with Gasteiger partial charge in [0.1, 0.15) is 0 Å². The Balaban J connectivity index is 1.67. The first-order chi connectivity index (χ1) is 7.89. The average Bonchev–Trinajstić information content (AvgIpc) is 2.37. The molecule has 0 aliphatic heterocycles. The van der Waals surface area contributed by atoms with E-state index in [1.165, 1.54) is 50.6 Å². The number of nitrogens with one attached hydrogen (secondary N) is 1. The monoisotopic (exact) mass is 215 g/mol. The molecule has 2 aliphatic rings. The fourth-order valence-corrected chi connectivity index (χ4v) is 3.51. The van der Waals surface area contributed by atoms with Crippen molar-refractivity contribution in [3.05, 3.63) is 30.3 Å². The second-order valence-electron chi connectivity index (χ2n) is 5.52. The average molecular weight is 215 g/mol. The third-order valence-corrected chi connectivity index (χ3v) is 4.63. The summed E-state index contributed by atoms with van der Waals surface area (Å²) in [5.41, 5.74) is 1.96. The van der Waals surface area contributed by atoms with Crippen LogP contribution in [-0.2, 0) is 0 Å². The number of para-hydroxylation sites is 1. The minimum Gasteiger partial charge on any atom is -0.382 e. The fraction of sp³-hybridized carbons (Fsp3) is 0.600. The van der Waals surface area contributed by atoms with Crippen molar-refractivity contribution in [1.82, 2.24) is 0 Å². The first-order valence-corrected chi connectivity index (χ1v) is 6.71. The van der Waals surface area contributed by atoms with E-state index in [0.717, 1.165) is 6.04 Å². The van der Waals surface area contributed by atoms with Crippen LogP contribution in [0.25, 0.3) is 0 Å². The minimum absolute atomic E-state index is 0.661. The molecule has 0 heterocycles. The van der Waals surface area contributed by atoms with Gasteiger partial charge in [0, 0.05) is 11.7 Å². The summed E-state index contributed by atoms with van der Waals surface area (Å²) >= 11 is 0. The molecule has 1 unspecified atom stereocenters. The molecule has 2 aliphatic carbocycles. The molecule has 0 aromatic heterocycles. The molecule has 1 nitrogen and oxygen atoms in total. The van der Waals surface area contributed by atoms with Gasteiger partial charge in [0.15, 0.2) is 0 Å². The van der Waals surface area contributed by atoms with E-state index in [1.54, 1.807) is 0 Å². The standard InChI is InChI=1S/C15H21N/c1-3-7-13(8-4-1)16-14-9-12-15(14)10-5-2-6-11-15/h1,3-4,7-8,14,16H,2,5-6,9-12H2. The predicted molar refractivity (Wildman–Crippen MR) is 68.6 cm³/mol. The molecule has 0 saturated heterocycles. The Morgan fingerprint density at radius 1 is 0.938 bits per heavy atom. The van der Waals surface area contributed by atoms with Crippen LogP contribution in [0, 0.1) is 5.41 Å². The van der Waals surface area contributed by atoms with Gasteiger partial charge in [-0.3, -0.25) is 0 Å². The molecular formula is C15H21N. The van der Waals surface area contributed by atoms with E-state index in [1.807, 2.05) is 0 Å². The van der Waals surface area contributed by atoms with Crippen LogP contribution in [0.4, 0.5) is 5.69 Å². The molecule has 2 fully saturated rings. The first kappa shape index (κ1) is 10.2. The summed E-state index contributed by atoms with van der Waals surface area (Å²) in [6.45, 7) is 0. The van der Waals surface area contributed by atoms with Crippen molar-refractivity contribution in [2.24, 2.45) is 5.41 Å².